The minimum atomic E-state index is 0.393. The van der Waals surface area contributed by atoms with Gasteiger partial charge in [0.05, 0.1) is 0 Å². The fraction of sp³-hybridized carbons (Fsp3) is 1.00. The number of aliphatic hydroxyl groups excluding tert-OH is 1. The van der Waals surface area contributed by atoms with Gasteiger partial charge in [0.2, 0.25) is 0 Å². The predicted octanol–water partition coefficient (Wildman–Crippen LogP) is 2.59. The minimum absolute atomic E-state index is 0.393. The first-order chi connectivity index (χ1) is 5.23. The van der Waals surface area contributed by atoms with Crippen molar-refractivity contribution in [2.75, 3.05) is 6.61 Å². The molecule has 0 heterocycles. The maximum Gasteiger partial charge on any atom is 0.0464 e. The molecule has 1 saturated carbocycles. The molecule has 0 aromatic heterocycles. The van der Waals surface area contributed by atoms with Gasteiger partial charge in [0, 0.05) is 6.61 Å². The van der Waals surface area contributed by atoms with Crippen molar-refractivity contribution < 1.29 is 5.11 Å². The summed E-state index contributed by atoms with van der Waals surface area (Å²) in [5.74, 6) is 0.571. The van der Waals surface area contributed by atoms with Crippen molar-refractivity contribution in [2.24, 2.45) is 11.3 Å². The van der Waals surface area contributed by atoms with E-state index in [-0.39, 0.29) is 0 Å². The van der Waals surface area contributed by atoms with E-state index in [1.165, 1.54) is 32.1 Å². The van der Waals surface area contributed by atoms with Crippen LogP contribution < -0.4 is 0 Å². The second-order valence-electron chi connectivity index (χ2n) is 4.13. The van der Waals surface area contributed by atoms with Gasteiger partial charge < -0.3 is 5.11 Å². The first kappa shape index (κ1) is 9.05. The van der Waals surface area contributed by atoms with Gasteiger partial charge in [-0.25, -0.2) is 0 Å². The lowest BCUT2D eigenvalue weighted by Gasteiger charge is -2.40. The van der Waals surface area contributed by atoms with Gasteiger partial charge >= 0.3 is 0 Å². The Morgan fingerprint density at radius 3 is 2.64 bits per heavy atom. The topological polar surface area (TPSA) is 20.2 Å². The van der Waals surface area contributed by atoms with Crippen molar-refractivity contribution in [3.05, 3.63) is 0 Å². The van der Waals surface area contributed by atoms with Crippen LogP contribution >= 0.6 is 0 Å². The minimum Gasteiger partial charge on any atom is -0.396 e. The molecular weight excluding hydrogens is 136 g/mol. The molecule has 0 saturated heterocycles. The fourth-order valence-corrected chi connectivity index (χ4v) is 2.25. The summed E-state index contributed by atoms with van der Waals surface area (Å²) in [5, 5.41) is 9.16. The quantitative estimate of drug-likeness (QED) is 0.651. The van der Waals surface area contributed by atoms with E-state index in [1.54, 1.807) is 0 Å². The summed E-state index contributed by atoms with van der Waals surface area (Å²) >= 11 is 0. The van der Waals surface area contributed by atoms with E-state index in [4.69, 9.17) is 5.11 Å². The van der Waals surface area contributed by atoms with Crippen LogP contribution in [0.1, 0.15) is 46.0 Å². The van der Waals surface area contributed by atoms with Crippen molar-refractivity contribution in [1.82, 2.24) is 0 Å². The van der Waals surface area contributed by atoms with Crippen LogP contribution in [0, 0.1) is 11.3 Å². The highest BCUT2D eigenvalue weighted by Crippen LogP contribution is 2.42. The van der Waals surface area contributed by atoms with Crippen molar-refractivity contribution in [3.8, 4) is 0 Å². The number of hydrogen-bond acceptors (Lipinski definition) is 1. The van der Waals surface area contributed by atoms with Crippen LogP contribution in [-0.2, 0) is 0 Å². The van der Waals surface area contributed by atoms with Gasteiger partial charge in [-0.15, -0.1) is 0 Å². The van der Waals surface area contributed by atoms with Crippen molar-refractivity contribution in [2.45, 2.75) is 46.0 Å². The summed E-state index contributed by atoms with van der Waals surface area (Å²) in [4.78, 5) is 0. The second kappa shape index (κ2) is 3.57. The Labute approximate surface area is 69.8 Å². The smallest absolute Gasteiger partial charge is 0.0464 e. The number of hydrogen-bond donors (Lipinski definition) is 1. The Bertz CT molecular complexity index is 122. The Balaban J connectivity index is 2.57. The maximum absolute atomic E-state index is 9.16. The third-order valence-electron chi connectivity index (χ3n) is 3.56. The largest absolute Gasteiger partial charge is 0.396 e. The second-order valence-corrected chi connectivity index (χ2v) is 4.13. The maximum atomic E-state index is 9.16. The monoisotopic (exact) mass is 156 g/mol. The zero-order chi connectivity index (χ0) is 8.32. The van der Waals surface area contributed by atoms with E-state index in [2.05, 4.69) is 13.8 Å². The van der Waals surface area contributed by atoms with Crippen LogP contribution in [-0.4, -0.2) is 11.7 Å². The summed E-state index contributed by atoms with van der Waals surface area (Å²) in [6.45, 7) is 4.96. The molecule has 1 nitrogen and oxygen atoms in total. The lowest BCUT2D eigenvalue weighted by atomic mass is 9.66. The molecule has 11 heavy (non-hydrogen) atoms. The van der Waals surface area contributed by atoms with E-state index >= 15 is 0 Å². The first-order valence-electron chi connectivity index (χ1n) is 4.84. The van der Waals surface area contributed by atoms with Crippen molar-refractivity contribution in [1.29, 1.82) is 0 Å². The third kappa shape index (κ3) is 1.76. The molecular formula is C10H20O. The Morgan fingerprint density at radius 2 is 2.18 bits per heavy atom. The van der Waals surface area contributed by atoms with Gasteiger partial charge in [-0.05, 0) is 24.2 Å². The molecule has 1 aliphatic carbocycles. The number of aliphatic hydroxyl groups is 1. The third-order valence-corrected chi connectivity index (χ3v) is 3.56. The highest BCUT2D eigenvalue weighted by atomic mass is 16.3. The van der Waals surface area contributed by atoms with Crippen LogP contribution in [0.15, 0.2) is 0 Å². The fourth-order valence-electron chi connectivity index (χ4n) is 2.25. The molecule has 66 valence electrons. The van der Waals surface area contributed by atoms with E-state index < -0.39 is 0 Å². The molecule has 0 spiro atoms. The molecule has 2 atom stereocenters. The van der Waals surface area contributed by atoms with Crippen LogP contribution in [0.2, 0.25) is 0 Å². The molecule has 0 aromatic carbocycles. The normalized spacial score (nSPS) is 39.0. The van der Waals surface area contributed by atoms with Gasteiger partial charge in [0.1, 0.15) is 0 Å². The van der Waals surface area contributed by atoms with Crippen LogP contribution in [0.25, 0.3) is 0 Å². The zero-order valence-electron chi connectivity index (χ0n) is 7.77. The average molecular weight is 156 g/mol. The van der Waals surface area contributed by atoms with Gasteiger partial charge in [-0.1, -0.05) is 33.1 Å². The Morgan fingerprint density at radius 1 is 1.45 bits per heavy atom. The molecule has 1 N–H and O–H groups in total. The van der Waals surface area contributed by atoms with Crippen LogP contribution in [0.4, 0.5) is 0 Å². The highest BCUT2D eigenvalue weighted by Gasteiger charge is 2.33. The predicted molar refractivity (Wildman–Crippen MR) is 47.4 cm³/mol. The molecule has 0 amide bonds. The molecule has 0 aliphatic heterocycles. The lowest BCUT2D eigenvalue weighted by Crippen LogP contribution is -2.32. The standard InChI is InChI=1S/C10H20O/c1-3-10(2)7-5-4-6-9(10)8-11/h9,11H,3-8H2,1-2H3. The Hall–Kier alpha value is -0.0400. The van der Waals surface area contributed by atoms with Gasteiger partial charge in [-0.2, -0.15) is 0 Å². The summed E-state index contributed by atoms with van der Waals surface area (Å²) in [5.41, 5.74) is 0.438. The van der Waals surface area contributed by atoms with E-state index in [1.807, 2.05) is 0 Å². The molecule has 1 heteroatoms. The van der Waals surface area contributed by atoms with Gasteiger partial charge in [-0.3, -0.25) is 0 Å². The lowest BCUT2D eigenvalue weighted by molar-refractivity contribution is 0.0554. The molecule has 1 fully saturated rings. The summed E-state index contributed by atoms with van der Waals surface area (Å²) < 4.78 is 0. The van der Waals surface area contributed by atoms with Gasteiger partial charge in [0.15, 0.2) is 0 Å². The first-order valence-corrected chi connectivity index (χ1v) is 4.84. The zero-order valence-corrected chi connectivity index (χ0v) is 7.77. The molecule has 0 radical (unpaired) electrons. The molecule has 2 unspecified atom stereocenters. The highest BCUT2D eigenvalue weighted by molar-refractivity contribution is 4.84. The van der Waals surface area contributed by atoms with E-state index in [0.29, 0.717) is 17.9 Å². The van der Waals surface area contributed by atoms with Crippen molar-refractivity contribution in [3.63, 3.8) is 0 Å². The Kier molecular flexibility index (Phi) is 2.94. The van der Waals surface area contributed by atoms with E-state index in [0.717, 1.165) is 0 Å². The van der Waals surface area contributed by atoms with E-state index in [9.17, 15) is 0 Å². The average Bonchev–Trinajstić information content (AvgIpc) is 2.05. The summed E-state index contributed by atoms with van der Waals surface area (Å²) in [7, 11) is 0. The van der Waals surface area contributed by atoms with Crippen LogP contribution in [0.3, 0.4) is 0 Å². The number of rotatable bonds is 2. The summed E-state index contributed by atoms with van der Waals surface area (Å²) in [6, 6.07) is 0. The molecule has 0 aromatic rings. The summed E-state index contributed by atoms with van der Waals surface area (Å²) in [6.07, 6.45) is 6.45. The van der Waals surface area contributed by atoms with Crippen molar-refractivity contribution >= 4 is 0 Å². The SMILES string of the molecule is CCC1(C)CCCCC1CO. The molecule has 1 rings (SSSR count). The molecule has 0 bridgehead atoms. The molecule has 1 aliphatic rings. The van der Waals surface area contributed by atoms with Crippen LogP contribution in [0.5, 0.6) is 0 Å². The van der Waals surface area contributed by atoms with Gasteiger partial charge in [0.25, 0.3) is 0 Å².